The molecule has 1 N–H and O–H groups in total. The second-order valence-corrected chi connectivity index (χ2v) is 7.17. The number of carboxylic acid groups (broad SMARTS) is 1. The highest BCUT2D eigenvalue weighted by atomic mass is 16.5. The maximum Gasteiger partial charge on any atom is 0.335 e. The lowest BCUT2D eigenvalue weighted by Crippen LogP contribution is -2.27. The van der Waals surface area contributed by atoms with E-state index in [0.29, 0.717) is 5.56 Å². The van der Waals surface area contributed by atoms with Gasteiger partial charge in [0.15, 0.2) is 0 Å². The van der Waals surface area contributed by atoms with E-state index in [-0.39, 0.29) is 5.60 Å². The quantitative estimate of drug-likeness (QED) is 0.562. The molecule has 0 spiro atoms. The van der Waals surface area contributed by atoms with Crippen molar-refractivity contribution in [1.82, 2.24) is 0 Å². The third-order valence-corrected chi connectivity index (χ3v) is 4.79. The van der Waals surface area contributed by atoms with Gasteiger partial charge in [-0.05, 0) is 55.2 Å². The molecule has 0 aliphatic carbocycles. The Hall–Kier alpha value is -3.07. The monoisotopic (exact) mass is 360 g/mol. The van der Waals surface area contributed by atoms with Crippen LogP contribution in [-0.4, -0.2) is 16.7 Å². The fraction of sp³-hybridized carbons (Fsp3) is 0.208. The van der Waals surface area contributed by atoms with Gasteiger partial charge >= 0.3 is 5.97 Å². The summed E-state index contributed by atoms with van der Waals surface area (Å²) in [6.07, 6.45) is 0.923. The first-order valence-corrected chi connectivity index (χ1v) is 9.12. The Morgan fingerprint density at radius 2 is 1.37 bits per heavy atom. The summed E-state index contributed by atoms with van der Waals surface area (Å²) in [5, 5.41) is 9.02. The molecule has 0 atom stereocenters. The van der Waals surface area contributed by atoms with E-state index >= 15 is 0 Å². The van der Waals surface area contributed by atoms with Gasteiger partial charge < -0.3 is 9.84 Å². The molecule has 0 bridgehead atoms. The molecule has 0 aliphatic rings. The lowest BCUT2D eigenvalue weighted by atomic mass is 9.98. The van der Waals surface area contributed by atoms with Crippen LogP contribution in [0.25, 0.3) is 22.3 Å². The highest BCUT2D eigenvalue weighted by Gasteiger charge is 2.19. The average molecular weight is 360 g/mol. The Morgan fingerprint density at radius 1 is 0.852 bits per heavy atom. The molecule has 27 heavy (non-hydrogen) atoms. The minimum absolute atomic E-state index is 0.220. The lowest BCUT2D eigenvalue weighted by molar-refractivity contribution is 0.0697. The van der Waals surface area contributed by atoms with E-state index in [1.54, 1.807) is 12.1 Å². The smallest absolute Gasteiger partial charge is 0.335 e. The van der Waals surface area contributed by atoms with Crippen molar-refractivity contribution in [2.45, 2.75) is 32.8 Å². The first-order valence-electron chi connectivity index (χ1n) is 9.12. The molecule has 3 rings (SSSR count). The van der Waals surface area contributed by atoms with Crippen LogP contribution in [0.15, 0.2) is 72.8 Å². The number of carbonyl (C=O) groups is 1. The predicted octanol–water partition coefficient (Wildman–Crippen LogP) is 6.29. The van der Waals surface area contributed by atoms with E-state index < -0.39 is 5.97 Å². The molecule has 0 fully saturated rings. The molecular formula is C24H24O3. The van der Waals surface area contributed by atoms with Crippen LogP contribution in [0.3, 0.4) is 0 Å². The van der Waals surface area contributed by atoms with Crippen molar-refractivity contribution in [2.24, 2.45) is 0 Å². The number of aromatic carboxylic acids is 1. The maximum absolute atomic E-state index is 11.0. The van der Waals surface area contributed by atoms with Crippen LogP contribution in [0.5, 0.6) is 5.75 Å². The average Bonchev–Trinajstić information content (AvgIpc) is 2.68. The Kier molecular flexibility index (Phi) is 5.31. The second kappa shape index (κ2) is 7.67. The Balaban J connectivity index is 1.89. The van der Waals surface area contributed by atoms with E-state index in [0.717, 1.165) is 34.4 Å². The number of para-hydroxylation sites is 1. The summed E-state index contributed by atoms with van der Waals surface area (Å²) in [7, 11) is 0. The second-order valence-electron chi connectivity index (χ2n) is 7.17. The van der Waals surface area contributed by atoms with Crippen LogP contribution in [0, 0.1) is 0 Å². The molecule has 0 amide bonds. The summed E-state index contributed by atoms with van der Waals surface area (Å²) in [5.74, 6) is -0.0357. The van der Waals surface area contributed by atoms with Gasteiger partial charge in [-0.25, -0.2) is 4.79 Å². The molecule has 3 aromatic rings. The molecule has 0 unspecified atom stereocenters. The molecule has 3 aromatic carbocycles. The summed E-state index contributed by atoms with van der Waals surface area (Å²) in [6, 6.07) is 23.2. The van der Waals surface area contributed by atoms with Gasteiger partial charge in [-0.3, -0.25) is 0 Å². The summed E-state index contributed by atoms with van der Waals surface area (Å²) >= 11 is 0. The van der Waals surface area contributed by atoms with E-state index in [4.69, 9.17) is 9.84 Å². The normalized spacial score (nSPS) is 11.2. The number of ether oxygens (including phenoxy) is 1. The molecule has 0 aliphatic heterocycles. The van der Waals surface area contributed by atoms with E-state index in [2.05, 4.69) is 39.0 Å². The van der Waals surface area contributed by atoms with E-state index in [1.165, 1.54) is 0 Å². The van der Waals surface area contributed by atoms with Gasteiger partial charge in [-0.2, -0.15) is 0 Å². The van der Waals surface area contributed by atoms with Crippen LogP contribution in [0.4, 0.5) is 0 Å². The van der Waals surface area contributed by atoms with Gasteiger partial charge in [0.1, 0.15) is 11.4 Å². The predicted molar refractivity (Wildman–Crippen MR) is 109 cm³/mol. The summed E-state index contributed by atoms with van der Waals surface area (Å²) in [4.78, 5) is 11.0. The molecule has 0 saturated heterocycles. The highest BCUT2D eigenvalue weighted by Crippen LogP contribution is 2.34. The van der Waals surface area contributed by atoms with Gasteiger partial charge in [0.05, 0.1) is 5.56 Å². The van der Waals surface area contributed by atoms with Gasteiger partial charge in [0, 0.05) is 5.56 Å². The Labute approximate surface area is 160 Å². The Bertz CT molecular complexity index is 923. The van der Waals surface area contributed by atoms with Crippen LogP contribution in [0.1, 0.15) is 37.6 Å². The van der Waals surface area contributed by atoms with Crippen molar-refractivity contribution in [3.8, 4) is 28.0 Å². The molecule has 138 valence electrons. The van der Waals surface area contributed by atoms with E-state index in [9.17, 15) is 4.79 Å². The maximum atomic E-state index is 11.0. The zero-order valence-corrected chi connectivity index (χ0v) is 15.9. The van der Waals surface area contributed by atoms with Crippen LogP contribution < -0.4 is 4.74 Å². The van der Waals surface area contributed by atoms with Crippen molar-refractivity contribution in [3.05, 3.63) is 78.4 Å². The van der Waals surface area contributed by atoms with Gasteiger partial charge in [0.25, 0.3) is 0 Å². The number of carboxylic acids is 1. The zero-order valence-electron chi connectivity index (χ0n) is 15.9. The molecule has 0 saturated carbocycles. The SMILES string of the molecule is CCC(C)(C)Oc1ccccc1-c1ccc(-c2ccc(C(=O)O)cc2)cc1. The number of rotatable bonds is 6. The summed E-state index contributed by atoms with van der Waals surface area (Å²) < 4.78 is 6.23. The number of hydrogen-bond acceptors (Lipinski definition) is 2. The van der Waals surface area contributed by atoms with Crippen molar-refractivity contribution < 1.29 is 14.6 Å². The van der Waals surface area contributed by atoms with Crippen LogP contribution in [0.2, 0.25) is 0 Å². The number of hydrogen-bond donors (Lipinski definition) is 1. The topological polar surface area (TPSA) is 46.5 Å². The highest BCUT2D eigenvalue weighted by molar-refractivity contribution is 5.88. The molecule has 0 aromatic heterocycles. The van der Waals surface area contributed by atoms with Crippen LogP contribution in [-0.2, 0) is 0 Å². The molecule has 3 heteroatoms. The van der Waals surface area contributed by atoms with Crippen molar-refractivity contribution in [1.29, 1.82) is 0 Å². The third-order valence-electron chi connectivity index (χ3n) is 4.79. The minimum atomic E-state index is -0.913. The standard InChI is InChI=1S/C24H24O3/c1-4-24(2,3)27-22-8-6-5-7-21(22)19-13-9-17(10-14-19)18-11-15-20(16-12-18)23(25)26/h5-16H,4H2,1-3H3,(H,25,26). The Morgan fingerprint density at radius 3 is 1.93 bits per heavy atom. The van der Waals surface area contributed by atoms with Gasteiger partial charge in [-0.15, -0.1) is 0 Å². The summed E-state index contributed by atoms with van der Waals surface area (Å²) in [5.41, 5.74) is 4.25. The third kappa shape index (κ3) is 4.37. The first kappa shape index (κ1) is 18.7. The van der Waals surface area contributed by atoms with Gasteiger partial charge in [0.2, 0.25) is 0 Å². The summed E-state index contributed by atoms with van der Waals surface area (Å²) in [6.45, 7) is 6.30. The van der Waals surface area contributed by atoms with Crippen molar-refractivity contribution in [3.63, 3.8) is 0 Å². The molecule has 0 heterocycles. The van der Waals surface area contributed by atoms with E-state index in [1.807, 2.05) is 42.5 Å². The fourth-order valence-corrected chi connectivity index (χ4v) is 2.81. The van der Waals surface area contributed by atoms with Crippen LogP contribution >= 0.6 is 0 Å². The largest absolute Gasteiger partial charge is 0.487 e. The molecule has 3 nitrogen and oxygen atoms in total. The molecular weight excluding hydrogens is 336 g/mol. The van der Waals surface area contributed by atoms with Crippen molar-refractivity contribution >= 4 is 5.97 Å². The molecule has 0 radical (unpaired) electrons. The van der Waals surface area contributed by atoms with Gasteiger partial charge in [-0.1, -0.05) is 61.5 Å². The zero-order chi connectivity index (χ0) is 19.4. The fourth-order valence-electron chi connectivity index (χ4n) is 2.81. The number of benzene rings is 3. The first-order chi connectivity index (χ1) is 12.9. The minimum Gasteiger partial charge on any atom is -0.487 e. The van der Waals surface area contributed by atoms with Crippen molar-refractivity contribution in [2.75, 3.05) is 0 Å². The lowest BCUT2D eigenvalue weighted by Gasteiger charge is -2.26.